The van der Waals surface area contributed by atoms with E-state index < -0.39 is 23.9 Å². The van der Waals surface area contributed by atoms with Gasteiger partial charge < -0.3 is 19.5 Å². The third kappa shape index (κ3) is 6.14. The summed E-state index contributed by atoms with van der Waals surface area (Å²) >= 11 is 1.39. The summed E-state index contributed by atoms with van der Waals surface area (Å²) < 4.78 is 16.3. The topological polar surface area (TPSA) is 90.9 Å². The predicted octanol–water partition coefficient (Wildman–Crippen LogP) is 5.92. The zero-order valence-electron chi connectivity index (χ0n) is 21.7. The zero-order valence-corrected chi connectivity index (χ0v) is 22.6. The van der Waals surface area contributed by atoms with Crippen LogP contribution in [0.4, 0.5) is 5.00 Å². The van der Waals surface area contributed by atoms with Gasteiger partial charge in [-0.05, 0) is 62.8 Å². The highest BCUT2D eigenvalue weighted by atomic mass is 32.1. The molecule has 38 heavy (non-hydrogen) atoms. The maximum absolute atomic E-state index is 13.4. The Balaban J connectivity index is 1.57. The molecule has 198 valence electrons. The van der Waals surface area contributed by atoms with Crippen LogP contribution in [-0.4, -0.2) is 37.7 Å². The lowest BCUT2D eigenvalue weighted by molar-refractivity contribution is -0.147. The van der Waals surface area contributed by atoms with Gasteiger partial charge in [-0.2, -0.15) is 0 Å². The van der Waals surface area contributed by atoms with Gasteiger partial charge in [0.1, 0.15) is 10.8 Å². The Bertz CT molecular complexity index is 1340. The monoisotopic (exact) mass is 533 g/mol. The van der Waals surface area contributed by atoms with E-state index in [4.69, 9.17) is 14.2 Å². The van der Waals surface area contributed by atoms with Crippen molar-refractivity contribution in [2.45, 2.75) is 45.6 Å². The maximum Gasteiger partial charge on any atom is 0.341 e. The fourth-order valence-electron chi connectivity index (χ4n) is 4.38. The number of methoxy groups -OCH3 is 1. The van der Waals surface area contributed by atoms with Crippen molar-refractivity contribution in [3.63, 3.8) is 0 Å². The Morgan fingerprint density at radius 2 is 1.74 bits per heavy atom. The molecule has 1 heterocycles. The molecule has 0 saturated carbocycles. The lowest BCUT2D eigenvalue weighted by Gasteiger charge is -2.16. The molecule has 1 aliphatic rings. The molecule has 0 spiro atoms. The van der Waals surface area contributed by atoms with Crippen molar-refractivity contribution in [1.82, 2.24) is 0 Å². The van der Waals surface area contributed by atoms with Crippen molar-refractivity contribution in [3.8, 4) is 5.75 Å². The van der Waals surface area contributed by atoms with Gasteiger partial charge >= 0.3 is 11.9 Å². The van der Waals surface area contributed by atoms with Gasteiger partial charge in [-0.1, -0.05) is 48.5 Å². The zero-order chi connectivity index (χ0) is 27.1. The minimum Gasteiger partial charge on any atom is -0.496 e. The molecule has 4 rings (SSSR count). The Morgan fingerprint density at radius 1 is 1.03 bits per heavy atom. The molecule has 8 heteroatoms. The molecule has 2 aromatic carbocycles. The lowest BCUT2D eigenvalue weighted by Crippen LogP contribution is -2.30. The molecular weight excluding hydrogens is 502 g/mol. The molecule has 1 unspecified atom stereocenters. The second kappa shape index (κ2) is 12.6. The molecule has 1 aromatic heterocycles. The number of para-hydroxylation sites is 1. The fourth-order valence-corrected chi connectivity index (χ4v) is 5.66. The van der Waals surface area contributed by atoms with E-state index in [1.54, 1.807) is 38.3 Å². The number of carbonyl (C=O) groups is 3. The fraction of sp³-hybridized carbons (Fsp3) is 0.300. The number of ether oxygens (including phenoxy) is 3. The SMILES string of the molecule is CCOC(=O)c1c(NC(=O)C(C)OC(=O)C(=Cc2ccccc2OC)c2ccccc2)sc2c1CCCC2. The molecule has 1 amide bonds. The number of esters is 2. The first kappa shape index (κ1) is 27.1. The van der Waals surface area contributed by atoms with Gasteiger partial charge in [0.15, 0.2) is 6.10 Å². The second-order valence-corrected chi connectivity index (χ2v) is 9.94. The lowest BCUT2D eigenvalue weighted by atomic mass is 9.95. The minimum atomic E-state index is -1.11. The molecule has 0 fully saturated rings. The first-order valence-electron chi connectivity index (χ1n) is 12.7. The van der Waals surface area contributed by atoms with Crippen LogP contribution in [0.2, 0.25) is 0 Å². The van der Waals surface area contributed by atoms with Crippen LogP contribution < -0.4 is 10.1 Å². The quantitative estimate of drug-likeness (QED) is 0.209. The average Bonchev–Trinajstić information content (AvgIpc) is 3.30. The molecule has 1 N–H and O–H groups in total. The second-order valence-electron chi connectivity index (χ2n) is 8.84. The van der Waals surface area contributed by atoms with Crippen molar-refractivity contribution in [2.75, 3.05) is 19.0 Å². The number of amides is 1. The normalized spacial score (nSPS) is 13.7. The summed E-state index contributed by atoms with van der Waals surface area (Å²) in [4.78, 5) is 40.3. The van der Waals surface area contributed by atoms with Crippen LogP contribution in [0.5, 0.6) is 5.75 Å². The number of carbonyl (C=O) groups excluding carboxylic acids is 3. The third-order valence-electron chi connectivity index (χ3n) is 6.28. The molecule has 1 atom stereocenters. The Labute approximate surface area is 226 Å². The van der Waals surface area contributed by atoms with Crippen LogP contribution in [0.3, 0.4) is 0 Å². The van der Waals surface area contributed by atoms with Crippen LogP contribution in [-0.2, 0) is 31.9 Å². The number of thiophene rings is 1. The van der Waals surface area contributed by atoms with Crippen molar-refractivity contribution < 1.29 is 28.6 Å². The summed E-state index contributed by atoms with van der Waals surface area (Å²) in [5.74, 6) is -1.02. The number of rotatable bonds is 9. The van der Waals surface area contributed by atoms with E-state index in [0.717, 1.165) is 36.1 Å². The highest BCUT2D eigenvalue weighted by Gasteiger charge is 2.29. The number of benzene rings is 2. The van der Waals surface area contributed by atoms with Gasteiger partial charge in [0.05, 0.1) is 24.9 Å². The number of hydrogen-bond donors (Lipinski definition) is 1. The van der Waals surface area contributed by atoms with Crippen molar-refractivity contribution in [1.29, 1.82) is 0 Å². The van der Waals surface area contributed by atoms with Crippen LogP contribution in [0, 0.1) is 0 Å². The largest absolute Gasteiger partial charge is 0.496 e. The Morgan fingerprint density at radius 3 is 2.47 bits per heavy atom. The van der Waals surface area contributed by atoms with E-state index in [1.807, 2.05) is 36.4 Å². The molecule has 0 bridgehead atoms. The van der Waals surface area contributed by atoms with Gasteiger partial charge in [-0.3, -0.25) is 4.79 Å². The first-order valence-corrected chi connectivity index (χ1v) is 13.5. The highest BCUT2D eigenvalue weighted by molar-refractivity contribution is 7.17. The van der Waals surface area contributed by atoms with E-state index in [1.165, 1.54) is 18.3 Å². The summed E-state index contributed by atoms with van der Waals surface area (Å²) in [5.41, 5.74) is 3.00. The highest BCUT2D eigenvalue weighted by Crippen LogP contribution is 2.38. The minimum absolute atomic E-state index is 0.242. The van der Waals surface area contributed by atoms with E-state index in [2.05, 4.69) is 5.32 Å². The Kier molecular flexibility index (Phi) is 8.97. The summed E-state index contributed by atoms with van der Waals surface area (Å²) in [6, 6.07) is 16.4. The molecule has 0 radical (unpaired) electrons. The summed E-state index contributed by atoms with van der Waals surface area (Å²) in [6.07, 6.45) is 4.24. The van der Waals surface area contributed by atoms with Crippen molar-refractivity contribution in [2.24, 2.45) is 0 Å². The van der Waals surface area contributed by atoms with Crippen LogP contribution in [0.1, 0.15) is 58.6 Å². The van der Waals surface area contributed by atoms with Crippen LogP contribution >= 0.6 is 11.3 Å². The number of anilines is 1. The predicted molar refractivity (Wildman–Crippen MR) is 148 cm³/mol. The standard InChI is InChI=1S/C30H31NO6S/c1-4-36-30(34)26-22-15-9-11-17-25(22)38-28(26)31-27(32)19(2)37-29(33)23(20-12-6-5-7-13-20)18-21-14-8-10-16-24(21)35-3/h5-8,10,12-14,16,18-19H,4,9,11,15,17H2,1-3H3,(H,31,32). The molecular formula is C30H31NO6S. The third-order valence-corrected chi connectivity index (χ3v) is 7.49. The summed E-state index contributed by atoms with van der Waals surface area (Å²) in [7, 11) is 1.56. The average molecular weight is 534 g/mol. The van der Waals surface area contributed by atoms with E-state index in [-0.39, 0.29) is 12.2 Å². The van der Waals surface area contributed by atoms with Gasteiger partial charge in [-0.25, -0.2) is 9.59 Å². The molecule has 0 saturated heterocycles. The van der Waals surface area contributed by atoms with Gasteiger partial charge in [0.2, 0.25) is 0 Å². The van der Waals surface area contributed by atoms with E-state index in [0.29, 0.717) is 27.4 Å². The van der Waals surface area contributed by atoms with E-state index >= 15 is 0 Å². The van der Waals surface area contributed by atoms with Gasteiger partial charge in [0, 0.05) is 10.4 Å². The summed E-state index contributed by atoms with van der Waals surface area (Å²) in [6.45, 7) is 3.50. The number of nitrogens with one attached hydrogen (secondary N) is 1. The van der Waals surface area contributed by atoms with E-state index in [9.17, 15) is 14.4 Å². The van der Waals surface area contributed by atoms with Crippen LogP contribution in [0.15, 0.2) is 54.6 Å². The number of aryl methyl sites for hydroxylation is 1. The maximum atomic E-state index is 13.4. The number of hydrogen-bond acceptors (Lipinski definition) is 7. The van der Waals surface area contributed by atoms with Crippen LogP contribution in [0.25, 0.3) is 11.6 Å². The molecule has 0 aliphatic heterocycles. The van der Waals surface area contributed by atoms with Gasteiger partial charge in [0.25, 0.3) is 5.91 Å². The molecule has 1 aliphatic carbocycles. The van der Waals surface area contributed by atoms with Crippen molar-refractivity contribution in [3.05, 3.63) is 81.7 Å². The molecule has 7 nitrogen and oxygen atoms in total. The number of fused-ring (bicyclic) bond motifs is 1. The smallest absolute Gasteiger partial charge is 0.341 e. The summed E-state index contributed by atoms with van der Waals surface area (Å²) in [5, 5.41) is 3.26. The first-order chi connectivity index (χ1) is 18.4. The Hall–Kier alpha value is -3.91. The van der Waals surface area contributed by atoms with Gasteiger partial charge in [-0.15, -0.1) is 11.3 Å². The van der Waals surface area contributed by atoms with Crippen molar-refractivity contribution >= 4 is 45.8 Å². The molecule has 3 aromatic rings.